The topological polar surface area (TPSA) is 52.2 Å². The molecule has 0 amide bonds. The Balaban J connectivity index is 2.39. The summed E-state index contributed by atoms with van der Waals surface area (Å²) < 4.78 is 15.8. The quantitative estimate of drug-likeness (QED) is 0.640. The van der Waals surface area contributed by atoms with E-state index in [2.05, 4.69) is 10.1 Å². The van der Waals surface area contributed by atoms with Gasteiger partial charge < -0.3 is 0 Å². The second-order valence-electron chi connectivity index (χ2n) is 4.05. The van der Waals surface area contributed by atoms with E-state index in [0.29, 0.717) is 10.7 Å². The maximum absolute atomic E-state index is 13.5. The molecule has 5 nitrogen and oxygen atoms in total. The molecule has 0 fully saturated rings. The summed E-state index contributed by atoms with van der Waals surface area (Å²) in [5.74, 6) is -0.633. The van der Waals surface area contributed by atoms with E-state index in [0.717, 1.165) is 16.1 Å². The van der Waals surface area contributed by atoms with Crippen molar-refractivity contribution in [3.8, 4) is 5.69 Å². The first-order valence-electron chi connectivity index (χ1n) is 5.46. The van der Waals surface area contributed by atoms with Gasteiger partial charge in [0.15, 0.2) is 0 Å². The van der Waals surface area contributed by atoms with Crippen LogP contribution in [0.15, 0.2) is 35.4 Å². The monoisotopic (exact) mass is 278 g/mol. The number of halogens is 2. The van der Waals surface area contributed by atoms with Gasteiger partial charge in [-0.05, 0) is 30.7 Å². The number of rotatable bonds is 1. The highest BCUT2D eigenvalue weighted by molar-refractivity contribution is 6.31. The molecule has 2 aromatic heterocycles. The van der Waals surface area contributed by atoms with E-state index in [1.165, 1.54) is 10.9 Å². The second kappa shape index (κ2) is 4.17. The fraction of sp³-hybridized carbons (Fsp3) is 0.0833. The Morgan fingerprint density at radius 1 is 1.32 bits per heavy atom. The molecule has 0 aliphatic rings. The number of hydrogen-bond donors (Lipinski definition) is 0. The zero-order chi connectivity index (χ0) is 13.6. The van der Waals surface area contributed by atoms with E-state index in [4.69, 9.17) is 11.6 Å². The summed E-state index contributed by atoms with van der Waals surface area (Å²) in [7, 11) is 0. The Bertz CT molecular complexity index is 839. The van der Waals surface area contributed by atoms with Crippen LogP contribution >= 0.6 is 11.6 Å². The molecule has 0 unspecified atom stereocenters. The average molecular weight is 279 g/mol. The van der Waals surface area contributed by atoms with Crippen LogP contribution in [0, 0.1) is 12.9 Å². The summed E-state index contributed by atoms with van der Waals surface area (Å²) in [6, 6.07) is 5.94. The molecule has 3 aromatic rings. The third-order valence-corrected chi connectivity index (χ3v) is 3.22. The molecule has 0 N–H and O–H groups in total. The standard InChI is InChI=1S/C12H8ClFN4O/c1-7-4-8(2-3-9(7)13)17-11(19)5-10(14)18-12(17)15-6-16-18/h2-6H,1H3. The van der Waals surface area contributed by atoms with Gasteiger partial charge in [0, 0.05) is 5.02 Å². The zero-order valence-corrected chi connectivity index (χ0v) is 10.6. The normalized spacial score (nSPS) is 11.1. The van der Waals surface area contributed by atoms with Crippen LogP contribution in [-0.4, -0.2) is 19.2 Å². The Kier molecular flexibility index (Phi) is 2.60. The van der Waals surface area contributed by atoms with Crippen molar-refractivity contribution >= 4 is 17.4 Å². The first kappa shape index (κ1) is 11.9. The molecule has 0 saturated heterocycles. The van der Waals surface area contributed by atoms with Gasteiger partial charge in [-0.3, -0.25) is 4.79 Å². The zero-order valence-electron chi connectivity index (χ0n) is 9.84. The number of fused-ring (bicyclic) bond motifs is 1. The van der Waals surface area contributed by atoms with Gasteiger partial charge in [-0.1, -0.05) is 11.6 Å². The van der Waals surface area contributed by atoms with E-state index in [9.17, 15) is 9.18 Å². The number of aryl methyl sites for hydroxylation is 1. The maximum Gasteiger partial charge on any atom is 0.262 e. The molecule has 0 radical (unpaired) electrons. The van der Waals surface area contributed by atoms with Crippen molar-refractivity contribution in [3.63, 3.8) is 0 Å². The first-order chi connectivity index (χ1) is 9.08. The van der Waals surface area contributed by atoms with Gasteiger partial charge in [0.25, 0.3) is 5.56 Å². The second-order valence-corrected chi connectivity index (χ2v) is 4.45. The number of hydrogen-bond acceptors (Lipinski definition) is 3. The molecule has 0 spiro atoms. The van der Waals surface area contributed by atoms with E-state index in [-0.39, 0.29) is 5.78 Å². The van der Waals surface area contributed by atoms with Gasteiger partial charge in [-0.2, -0.15) is 19.0 Å². The van der Waals surface area contributed by atoms with Crippen LogP contribution in [0.4, 0.5) is 4.39 Å². The maximum atomic E-state index is 13.5. The largest absolute Gasteiger partial charge is 0.269 e. The lowest BCUT2D eigenvalue weighted by Gasteiger charge is -2.08. The van der Waals surface area contributed by atoms with Crippen molar-refractivity contribution in [2.75, 3.05) is 0 Å². The summed E-state index contributed by atoms with van der Waals surface area (Å²) in [4.78, 5) is 15.9. The minimum Gasteiger partial charge on any atom is -0.269 e. The van der Waals surface area contributed by atoms with Gasteiger partial charge >= 0.3 is 0 Å². The highest BCUT2D eigenvalue weighted by Crippen LogP contribution is 2.19. The molecular formula is C12H8ClFN4O. The molecule has 0 bridgehead atoms. The molecule has 0 aliphatic carbocycles. The van der Waals surface area contributed by atoms with E-state index >= 15 is 0 Å². The highest BCUT2D eigenvalue weighted by Gasteiger charge is 2.12. The summed E-state index contributed by atoms with van der Waals surface area (Å²) in [5.41, 5.74) is 0.859. The van der Waals surface area contributed by atoms with Crippen molar-refractivity contribution < 1.29 is 4.39 Å². The van der Waals surface area contributed by atoms with E-state index in [1.807, 2.05) is 6.92 Å². The molecular weight excluding hydrogens is 271 g/mol. The van der Waals surface area contributed by atoms with Crippen LogP contribution < -0.4 is 5.56 Å². The van der Waals surface area contributed by atoms with Crippen molar-refractivity contribution in [2.45, 2.75) is 6.92 Å². The lowest BCUT2D eigenvalue weighted by molar-refractivity contribution is 0.535. The van der Waals surface area contributed by atoms with Crippen molar-refractivity contribution in [3.05, 3.63) is 57.5 Å². The third-order valence-electron chi connectivity index (χ3n) is 2.79. The lowest BCUT2D eigenvalue weighted by atomic mass is 10.2. The number of aromatic nitrogens is 4. The van der Waals surface area contributed by atoms with Gasteiger partial charge in [-0.15, -0.1) is 0 Å². The van der Waals surface area contributed by atoms with Crippen LogP contribution in [-0.2, 0) is 0 Å². The van der Waals surface area contributed by atoms with Crippen LogP contribution in [0.1, 0.15) is 5.56 Å². The van der Waals surface area contributed by atoms with Crippen LogP contribution in [0.3, 0.4) is 0 Å². The molecule has 2 heterocycles. The predicted octanol–water partition coefficient (Wildman–Crippen LogP) is 1.98. The van der Waals surface area contributed by atoms with Gasteiger partial charge in [0.05, 0.1) is 11.8 Å². The van der Waals surface area contributed by atoms with Crippen molar-refractivity contribution in [1.29, 1.82) is 0 Å². The SMILES string of the molecule is Cc1cc(-n2c(=O)cc(F)n3ncnc23)ccc1Cl. The first-order valence-corrected chi connectivity index (χ1v) is 5.83. The van der Waals surface area contributed by atoms with Crippen LogP contribution in [0.5, 0.6) is 0 Å². The minimum atomic E-state index is -0.751. The summed E-state index contributed by atoms with van der Waals surface area (Å²) in [5, 5.41) is 4.32. The molecule has 19 heavy (non-hydrogen) atoms. The molecule has 0 atom stereocenters. The number of nitrogens with zero attached hydrogens (tertiary/aromatic N) is 4. The van der Waals surface area contributed by atoms with Crippen molar-refractivity contribution in [1.82, 2.24) is 19.2 Å². The Morgan fingerprint density at radius 2 is 2.11 bits per heavy atom. The Morgan fingerprint density at radius 3 is 2.84 bits per heavy atom. The Labute approximate surface area is 111 Å². The van der Waals surface area contributed by atoms with Gasteiger partial charge in [-0.25, -0.2) is 4.57 Å². The molecule has 96 valence electrons. The smallest absolute Gasteiger partial charge is 0.262 e. The third kappa shape index (κ3) is 1.80. The summed E-state index contributed by atoms with van der Waals surface area (Å²) in [6.07, 6.45) is 1.19. The summed E-state index contributed by atoms with van der Waals surface area (Å²) >= 11 is 5.95. The number of benzene rings is 1. The molecule has 0 saturated carbocycles. The van der Waals surface area contributed by atoms with Gasteiger partial charge in [0.1, 0.15) is 6.33 Å². The Hall–Kier alpha value is -2.21. The molecule has 0 aliphatic heterocycles. The minimum absolute atomic E-state index is 0.117. The van der Waals surface area contributed by atoms with E-state index < -0.39 is 11.5 Å². The van der Waals surface area contributed by atoms with Crippen LogP contribution in [0.2, 0.25) is 5.02 Å². The highest BCUT2D eigenvalue weighted by atomic mass is 35.5. The van der Waals surface area contributed by atoms with Crippen molar-refractivity contribution in [2.24, 2.45) is 0 Å². The molecule has 3 rings (SSSR count). The fourth-order valence-corrected chi connectivity index (χ4v) is 1.99. The van der Waals surface area contributed by atoms with Gasteiger partial charge in [0.2, 0.25) is 11.7 Å². The average Bonchev–Trinajstić information content (AvgIpc) is 2.83. The molecule has 1 aromatic carbocycles. The van der Waals surface area contributed by atoms with E-state index in [1.54, 1.807) is 18.2 Å². The summed E-state index contributed by atoms with van der Waals surface area (Å²) in [6.45, 7) is 1.82. The fourth-order valence-electron chi connectivity index (χ4n) is 1.88. The molecule has 7 heteroatoms. The predicted molar refractivity (Wildman–Crippen MR) is 68.3 cm³/mol. The lowest BCUT2D eigenvalue weighted by Crippen LogP contribution is -2.22. The van der Waals surface area contributed by atoms with Crippen LogP contribution in [0.25, 0.3) is 11.5 Å².